The van der Waals surface area contributed by atoms with Crippen molar-refractivity contribution < 1.29 is 26.6 Å². The van der Waals surface area contributed by atoms with E-state index in [-0.39, 0.29) is 39.9 Å². The molecule has 0 atom stereocenters. The predicted octanol–water partition coefficient (Wildman–Crippen LogP) is -1.05. The second-order valence-electron chi connectivity index (χ2n) is 5.51. The number of aryl methyl sites for hydroxylation is 2. The number of nitrogens with two attached hydrogens (primary N) is 1. The third-order valence-corrected chi connectivity index (χ3v) is 3.78. The molecule has 0 saturated heterocycles. The molecule has 0 aliphatic carbocycles. The van der Waals surface area contributed by atoms with Crippen molar-refractivity contribution in [1.29, 1.82) is 0 Å². The minimum absolute atomic E-state index is 0. The van der Waals surface area contributed by atoms with Crippen LogP contribution in [0.2, 0.25) is 0 Å². The molecule has 0 bridgehead atoms. The van der Waals surface area contributed by atoms with Crippen LogP contribution in [0, 0.1) is 6.92 Å². The SMILES string of the molecule is Br.Cc1cc[n+]2cc(-c3ccc(/C=N/N=C(\N)NO)cc3)n(C)c2c1.[Br-]. The fourth-order valence-electron chi connectivity index (χ4n) is 2.51. The van der Waals surface area contributed by atoms with Crippen LogP contribution < -0.4 is 32.6 Å². The molecule has 0 saturated carbocycles. The van der Waals surface area contributed by atoms with E-state index in [1.165, 1.54) is 5.56 Å². The second kappa shape index (κ2) is 9.46. The number of fused-ring (bicyclic) bond motifs is 1. The molecule has 138 valence electrons. The van der Waals surface area contributed by atoms with Crippen LogP contribution in [0.3, 0.4) is 0 Å². The molecule has 0 aliphatic heterocycles. The van der Waals surface area contributed by atoms with Crippen molar-refractivity contribution in [2.45, 2.75) is 6.92 Å². The highest BCUT2D eigenvalue weighted by atomic mass is 79.9. The highest BCUT2D eigenvalue weighted by Crippen LogP contribution is 2.20. The number of nitrogens with one attached hydrogen (secondary N) is 1. The van der Waals surface area contributed by atoms with Crippen molar-refractivity contribution in [3.8, 4) is 11.3 Å². The van der Waals surface area contributed by atoms with Crippen molar-refractivity contribution in [2.75, 3.05) is 0 Å². The van der Waals surface area contributed by atoms with E-state index in [4.69, 9.17) is 10.9 Å². The van der Waals surface area contributed by atoms with Gasteiger partial charge in [-0.25, -0.2) is 14.4 Å². The minimum Gasteiger partial charge on any atom is -1.00 e. The summed E-state index contributed by atoms with van der Waals surface area (Å²) in [5, 5.41) is 15.9. The second-order valence-corrected chi connectivity index (χ2v) is 5.51. The highest BCUT2D eigenvalue weighted by molar-refractivity contribution is 8.93. The molecule has 0 aliphatic rings. The van der Waals surface area contributed by atoms with Gasteiger partial charge in [-0.05, 0) is 36.2 Å². The van der Waals surface area contributed by atoms with E-state index < -0.39 is 0 Å². The maximum Gasteiger partial charge on any atom is 0.286 e. The first-order chi connectivity index (χ1) is 11.6. The van der Waals surface area contributed by atoms with Gasteiger partial charge in [-0.2, -0.15) is 5.10 Å². The standard InChI is InChI=1S/C17H19N6O.2BrH/c1-12-7-8-23-11-15(22(2)16(23)9-12)14-5-3-13(4-6-14)10-19-20-17(18)21-24;;/h3-11,24H,1-2H3,(H3,18,20,21);2*1H/q+1;;/p-1/b19-10+;;. The Morgan fingerprint density at radius 1 is 1.27 bits per heavy atom. The number of halogens is 2. The summed E-state index contributed by atoms with van der Waals surface area (Å²) in [6, 6.07) is 12.2. The predicted molar refractivity (Wildman–Crippen MR) is 103 cm³/mol. The average molecular weight is 484 g/mol. The number of imidazole rings is 1. The molecule has 7 nitrogen and oxygen atoms in total. The van der Waals surface area contributed by atoms with Gasteiger partial charge in [0.15, 0.2) is 5.69 Å². The van der Waals surface area contributed by atoms with Gasteiger partial charge in [-0.15, -0.1) is 22.1 Å². The molecule has 4 N–H and O–H groups in total. The minimum atomic E-state index is -0.161. The normalized spacial score (nSPS) is 11.3. The van der Waals surface area contributed by atoms with Crippen LogP contribution >= 0.6 is 17.0 Å². The summed E-state index contributed by atoms with van der Waals surface area (Å²) >= 11 is 0. The number of aromatic nitrogens is 2. The molecule has 9 heteroatoms. The molecule has 26 heavy (non-hydrogen) atoms. The zero-order chi connectivity index (χ0) is 17.1. The Hall–Kier alpha value is -2.23. The Bertz CT molecular complexity index is 934. The number of benzene rings is 1. The summed E-state index contributed by atoms with van der Waals surface area (Å²) in [6.45, 7) is 2.09. The van der Waals surface area contributed by atoms with Gasteiger partial charge in [0.05, 0.1) is 19.5 Å². The number of hydrogen-bond acceptors (Lipinski definition) is 3. The van der Waals surface area contributed by atoms with E-state index in [2.05, 4.69) is 57.7 Å². The maximum atomic E-state index is 8.51. The Morgan fingerprint density at radius 3 is 2.62 bits per heavy atom. The number of guanidine groups is 1. The summed E-state index contributed by atoms with van der Waals surface area (Å²) < 4.78 is 4.27. The van der Waals surface area contributed by atoms with Gasteiger partial charge in [0.25, 0.3) is 5.65 Å². The van der Waals surface area contributed by atoms with E-state index in [1.807, 2.05) is 24.3 Å². The average Bonchev–Trinajstić information content (AvgIpc) is 2.92. The van der Waals surface area contributed by atoms with Crippen molar-refractivity contribution in [2.24, 2.45) is 23.0 Å². The van der Waals surface area contributed by atoms with Crippen LogP contribution in [0.25, 0.3) is 16.9 Å². The van der Waals surface area contributed by atoms with Crippen molar-refractivity contribution in [3.63, 3.8) is 0 Å². The van der Waals surface area contributed by atoms with Gasteiger partial charge in [0.1, 0.15) is 6.20 Å². The Balaban J connectivity index is 0.00000169. The van der Waals surface area contributed by atoms with Gasteiger partial charge in [0.2, 0.25) is 5.96 Å². The zero-order valence-corrected chi connectivity index (χ0v) is 17.6. The van der Waals surface area contributed by atoms with Crippen LogP contribution in [0.15, 0.2) is 59.0 Å². The molecule has 3 rings (SSSR count). The number of hydroxylamine groups is 1. The summed E-state index contributed by atoms with van der Waals surface area (Å²) in [5.74, 6) is -0.161. The Labute approximate surface area is 172 Å². The lowest BCUT2D eigenvalue weighted by molar-refractivity contribution is -0.510. The Morgan fingerprint density at radius 2 is 1.96 bits per heavy atom. The van der Waals surface area contributed by atoms with Gasteiger partial charge in [-0.3, -0.25) is 5.21 Å². The van der Waals surface area contributed by atoms with Crippen LogP contribution in [0.4, 0.5) is 0 Å². The van der Waals surface area contributed by atoms with E-state index in [0.29, 0.717) is 0 Å². The molecular formula is C17H20Br2N6O. The molecule has 0 unspecified atom stereocenters. The molecule has 3 aromatic rings. The number of rotatable bonds is 3. The van der Waals surface area contributed by atoms with E-state index in [9.17, 15) is 0 Å². The molecule has 0 amide bonds. The smallest absolute Gasteiger partial charge is 0.286 e. The topological polar surface area (TPSA) is 92.0 Å². The molecule has 0 spiro atoms. The quantitative estimate of drug-likeness (QED) is 0.192. The number of nitrogens with zero attached hydrogens (tertiary/aromatic N) is 4. The van der Waals surface area contributed by atoms with Gasteiger partial charge in [0, 0.05) is 11.6 Å². The first kappa shape index (κ1) is 21.8. The summed E-state index contributed by atoms with van der Waals surface area (Å²) in [6.07, 6.45) is 5.73. The first-order valence-electron chi connectivity index (χ1n) is 7.43. The lowest BCUT2D eigenvalue weighted by atomic mass is 10.1. The maximum absolute atomic E-state index is 8.51. The number of hydrogen-bond donors (Lipinski definition) is 3. The third-order valence-electron chi connectivity index (χ3n) is 3.78. The van der Waals surface area contributed by atoms with Gasteiger partial charge in [-0.1, -0.05) is 12.1 Å². The van der Waals surface area contributed by atoms with Crippen LogP contribution in [0.5, 0.6) is 0 Å². The van der Waals surface area contributed by atoms with Gasteiger partial charge < -0.3 is 22.7 Å². The molecule has 1 aromatic carbocycles. The molecule has 0 radical (unpaired) electrons. The van der Waals surface area contributed by atoms with Crippen LogP contribution in [-0.4, -0.2) is 21.9 Å². The van der Waals surface area contributed by atoms with E-state index >= 15 is 0 Å². The molecule has 2 heterocycles. The van der Waals surface area contributed by atoms with E-state index in [1.54, 1.807) is 11.7 Å². The Kier molecular flexibility index (Phi) is 7.94. The van der Waals surface area contributed by atoms with Gasteiger partial charge >= 0.3 is 0 Å². The molecule has 0 fully saturated rings. The van der Waals surface area contributed by atoms with Crippen LogP contribution in [-0.2, 0) is 7.05 Å². The number of pyridine rings is 1. The summed E-state index contributed by atoms with van der Waals surface area (Å²) in [4.78, 5) is 0. The summed E-state index contributed by atoms with van der Waals surface area (Å²) in [7, 11) is 2.05. The fourth-order valence-corrected chi connectivity index (χ4v) is 2.51. The van der Waals surface area contributed by atoms with Crippen molar-refractivity contribution in [1.82, 2.24) is 10.0 Å². The zero-order valence-electron chi connectivity index (χ0n) is 14.3. The first-order valence-corrected chi connectivity index (χ1v) is 7.43. The summed E-state index contributed by atoms with van der Waals surface area (Å²) in [5.41, 5.74) is 12.5. The molecular weight excluding hydrogens is 464 g/mol. The van der Waals surface area contributed by atoms with Crippen molar-refractivity contribution >= 4 is 34.8 Å². The fraction of sp³-hybridized carbons (Fsp3) is 0.118. The largest absolute Gasteiger partial charge is 1.00 e. The monoisotopic (exact) mass is 482 g/mol. The van der Waals surface area contributed by atoms with Crippen LogP contribution in [0.1, 0.15) is 11.1 Å². The van der Waals surface area contributed by atoms with Crippen molar-refractivity contribution in [3.05, 3.63) is 59.9 Å². The third kappa shape index (κ3) is 4.69. The lowest BCUT2D eigenvalue weighted by Gasteiger charge is -1.98. The lowest BCUT2D eigenvalue weighted by Crippen LogP contribution is -3.00. The van der Waals surface area contributed by atoms with E-state index in [0.717, 1.165) is 22.5 Å². The molecule has 2 aromatic heterocycles. The highest BCUT2D eigenvalue weighted by Gasteiger charge is 2.15.